The Balaban J connectivity index is 1.62. The number of aromatic amines is 1. The lowest BCUT2D eigenvalue weighted by atomic mass is 10.0. The van der Waals surface area contributed by atoms with E-state index in [0.29, 0.717) is 51.1 Å². The van der Waals surface area contributed by atoms with Gasteiger partial charge in [-0.05, 0) is 56.1 Å². The predicted octanol–water partition coefficient (Wildman–Crippen LogP) is 1.69. The number of para-hydroxylation sites is 1. The van der Waals surface area contributed by atoms with Gasteiger partial charge in [0.25, 0.3) is 5.91 Å². The fourth-order valence-electron chi connectivity index (χ4n) is 5.71. The summed E-state index contributed by atoms with van der Waals surface area (Å²) in [6, 6.07) is 5.03. The van der Waals surface area contributed by atoms with Crippen LogP contribution in [0.25, 0.3) is 10.9 Å². The van der Waals surface area contributed by atoms with Gasteiger partial charge in [-0.2, -0.15) is 0 Å². The van der Waals surface area contributed by atoms with Gasteiger partial charge in [0.2, 0.25) is 11.8 Å². The van der Waals surface area contributed by atoms with E-state index >= 15 is 0 Å². The number of rotatable bonds is 10. The van der Waals surface area contributed by atoms with Crippen LogP contribution in [0, 0.1) is 11.3 Å². The molecule has 0 bridgehead atoms. The molecule has 4 rings (SSSR count). The Morgan fingerprint density at radius 3 is 2.62 bits per heavy atom. The van der Waals surface area contributed by atoms with Crippen LogP contribution < -0.4 is 21.7 Å². The summed E-state index contributed by atoms with van der Waals surface area (Å²) >= 11 is 0. The van der Waals surface area contributed by atoms with Crippen LogP contribution >= 0.6 is 0 Å². The summed E-state index contributed by atoms with van der Waals surface area (Å²) in [4.78, 5) is 59.3. The molecule has 1 aromatic carbocycles. The Morgan fingerprint density at radius 2 is 1.86 bits per heavy atom. The molecule has 2 aromatic rings. The third-order valence-corrected chi connectivity index (χ3v) is 7.94. The summed E-state index contributed by atoms with van der Waals surface area (Å²) in [5.74, 6) is -1.76. The quantitative estimate of drug-likeness (QED) is 0.107. The number of guanidine groups is 1. The molecule has 3 amide bonds. The highest BCUT2D eigenvalue weighted by atomic mass is 16.5. The largest absolute Gasteiger partial charge is 0.451 e. The summed E-state index contributed by atoms with van der Waals surface area (Å²) in [6.45, 7) is 4.87. The Morgan fingerprint density at radius 1 is 1.10 bits per heavy atom. The Labute approximate surface area is 246 Å². The Bertz CT molecular complexity index is 1290. The highest BCUT2D eigenvalue weighted by molar-refractivity contribution is 5.96. The first-order chi connectivity index (χ1) is 20.1. The molecule has 4 atom stereocenters. The number of H-pyrrole nitrogens is 1. The molecular formula is C30H43N7O5. The topological polar surface area (TPSA) is 182 Å². The number of nitrogens with two attached hydrogens (primary N) is 1. The van der Waals surface area contributed by atoms with Gasteiger partial charge in [-0.25, -0.2) is 4.79 Å². The molecule has 7 N–H and O–H groups in total. The zero-order chi connectivity index (χ0) is 30.2. The summed E-state index contributed by atoms with van der Waals surface area (Å²) in [5, 5.41) is 16.7. The van der Waals surface area contributed by atoms with Crippen molar-refractivity contribution in [2.75, 3.05) is 13.1 Å². The van der Waals surface area contributed by atoms with Crippen molar-refractivity contribution < 1.29 is 23.9 Å². The van der Waals surface area contributed by atoms with Crippen molar-refractivity contribution in [3.63, 3.8) is 0 Å². The average Bonchev–Trinajstić information content (AvgIpc) is 3.60. The van der Waals surface area contributed by atoms with Gasteiger partial charge in [-0.3, -0.25) is 19.8 Å². The minimum atomic E-state index is -1.11. The number of aromatic nitrogens is 1. The van der Waals surface area contributed by atoms with Crippen molar-refractivity contribution >= 4 is 40.6 Å². The number of fused-ring (bicyclic) bond motifs is 2. The summed E-state index contributed by atoms with van der Waals surface area (Å²) in [5.41, 5.74) is 7.14. The zero-order valence-electron chi connectivity index (χ0n) is 24.4. The smallest absolute Gasteiger partial charge is 0.329 e. The van der Waals surface area contributed by atoms with E-state index in [1.165, 1.54) is 4.90 Å². The summed E-state index contributed by atoms with van der Waals surface area (Å²) < 4.78 is 5.77. The first kappa shape index (κ1) is 30.9. The van der Waals surface area contributed by atoms with Crippen LogP contribution in [-0.4, -0.2) is 76.9 Å². The van der Waals surface area contributed by atoms with Gasteiger partial charge in [-0.15, -0.1) is 0 Å². The van der Waals surface area contributed by atoms with Crippen molar-refractivity contribution in [2.24, 2.45) is 11.7 Å². The van der Waals surface area contributed by atoms with Gasteiger partial charge in [-0.1, -0.05) is 38.5 Å². The number of nitrogens with zero attached hydrogens (tertiary/aromatic N) is 1. The van der Waals surface area contributed by atoms with Crippen molar-refractivity contribution in [3.8, 4) is 0 Å². The fraction of sp³-hybridized carbons (Fsp3) is 0.567. The van der Waals surface area contributed by atoms with Crippen LogP contribution in [-0.2, 0) is 30.3 Å². The number of carbonyl (C=O) groups excluding carboxylic acids is 4. The van der Waals surface area contributed by atoms with Crippen LogP contribution in [0.5, 0.6) is 0 Å². The van der Waals surface area contributed by atoms with Gasteiger partial charge >= 0.3 is 5.97 Å². The number of ether oxygens (including phenoxy) is 1. The minimum absolute atomic E-state index is 0.190. The molecule has 2 fully saturated rings. The number of esters is 1. The van der Waals surface area contributed by atoms with E-state index in [1.807, 2.05) is 30.5 Å². The molecule has 1 unspecified atom stereocenters. The highest BCUT2D eigenvalue weighted by Crippen LogP contribution is 2.24. The molecule has 12 nitrogen and oxygen atoms in total. The van der Waals surface area contributed by atoms with Crippen LogP contribution in [0.15, 0.2) is 30.5 Å². The van der Waals surface area contributed by atoms with Crippen LogP contribution in [0.2, 0.25) is 0 Å². The number of carbonyl (C=O) groups is 4. The SMILES string of the molecule is CC(C)CCCC1OC(=O)[C@H](CCCNC(=N)N)NC(=O)[C@@H]2CCCN2C(=O)[C@@H](Cc2c[nH]c3ccccc23)NC1=O. The minimum Gasteiger partial charge on any atom is -0.451 e. The summed E-state index contributed by atoms with van der Waals surface area (Å²) in [7, 11) is 0. The molecule has 0 aliphatic carbocycles. The van der Waals surface area contributed by atoms with E-state index in [4.69, 9.17) is 15.9 Å². The van der Waals surface area contributed by atoms with Crippen molar-refractivity contribution in [2.45, 2.75) is 89.4 Å². The van der Waals surface area contributed by atoms with E-state index in [2.05, 4.69) is 34.8 Å². The molecule has 42 heavy (non-hydrogen) atoms. The molecule has 0 saturated carbocycles. The first-order valence-electron chi connectivity index (χ1n) is 14.9. The third-order valence-electron chi connectivity index (χ3n) is 7.94. The number of benzene rings is 1. The van der Waals surface area contributed by atoms with E-state index < -0.39 is 42.0 Å². The van der Waals surface area contributed by atoms with Gasteiger partial charge in [0.15, 0.2) is 12.1 Å². The maximum atomic E-state index is 14.0. The van der Waals surface area contributed by atoms with E-state index in [1.54, 1.807) is 0 Å². The number of cyclic esters (lactones) is 1. The Hall–Kier alpha value is -4.09. The standard InChI is InChI=1S/C30H43N7O5/c1-18(2)8-5-13-25-27(39)36-23(16-19-17-34-21-10-4-3-9-20(19)21)28(40)37-15-7-12-24(37)26(38)35-22(29(41)42-25)11-6-14-33-30(31)32/h3-4,9-10,17-18,22-25,34H,5-8,11-16H2,1-2H3,(H,35,38)(H,36,39)(H4,31,32,33)/t22-,23+,24-,25?/m0/s1. The Kier molecular flexibility index (Phi) is 10.4. The average molecular weight is 582 g/mol. The van der Waals surface area contributed by atoms with Gasteiger partial charge < -0.3 is 36.3 Å². The molecule has 1 aromatic heterocycles. The van der Waals surface area contributed by atoms with Crippen LogP contribution in [0.3, 0.4) is 0 Å². The lowest BCUT2D eigenvalue weighted by Gasteiger charge is -2.32. The maximum absolute atomic E-state index is 14.0. The second kappa shape index (κ2) is 14.2. The number of hydrogen-bond acceptors (Lipinski definition) is 6. The van der Waals surface area contributed by atoms with Crippen molar-refractivity contribution in [1.29, 1.82) is 5.41 Å². The molecule has 2 saturated heterocycles. The second-order valence-corrected chi connectivity index (χ2v) is 11.6. The number of amides is 3. The fourth-order valence-corrected chi connectivity index (χ4v) is 5.71. The van der Waals surface area contributed by atoms with Gasteiger partial charge in [0.1, 0.15) is 18.1 Å². The zero-order valence-corrected chi connectivity index (χ0v) is 24.4. The van der Waals surface area contributed by atoms with Crippen LogP contribution in [0.1, 0.15) is 64.4 Å². The lowest BCUT2D eigenvalue weighted by molar-refractivity contribution is -0.161. The molecule has 228 valence electrons. The third kappa shape index (κ3) is 7.80. The van der Waals surface area contributed by atoms with E-state index in [-0.39, 0.29) is 24.7 Å². The van der Waals surface area contributed by atoms with E-state index in [9.17, 15) is 19.2 Å². The molecule has 3 heterocycles. The molecule has 0 radical (unpaired) electrons. The van der Waals surface area contributed by atoms with Crippen LogP contribution in [0.4, 0.5) is 0 Å². The summed E-state index contributed by atoms with van der Waals surface area (Å²) in [6.07, 6.45) is 4.45. The van der Waals surface area contributed by atoms with Crippen molar-refractivity contribution in [3.05, 3.63) is 36.0 Å². The highest BCUT2D eigenvalue weighted by Gasteiger charge is 2.41. The first-order valence-corrected chi connectivity index (χ1v) is 14.9. The van der Waals surface area contributed by atoms with Gasteiger partial charge in [0.05, 0.1) is 0 Å². The maximum Gasteiger partial charge on any atom is 0.329 e. The molecule has 2 aliphatic rings. The normalized spacial score (nSPS) is 23.5. The monoisotopic (exact) mass is 581 g/mol. The molecule has 0 spiro atoms. The predicted molar refractivity (Wildman–Crippen MR) is 158 cm³/mol. The molecule has 2 aliphatic heterocycles. The second-order valence-electron chi connectivity index (χ2n) is 11.6. The number of hydrogen-bond donors (Lipinski definition) is 6. The number of nitrogens with one attached hydrogen (secondary N) is 5. The van der Waals surface area contributed by atoms with Crippen molar-refractivity contribution in [1.82, 2.24) is 25.8 Å². The van der Waals surface area contributed by atoms with Gasteiger partial charge in [0, 0.05) is 36.6 Å². The lowest BCUT2D eigenvalue weighted by Crippen LogP contribution is -2.58. The molecular weight excluding hydrogens is 538 g/mol. The van der Waals surface area contributed by atoms with E-state index in [0.717, 1.165) is 22.9 Å². The molecule has 12 heteroatoms.